The molecule has 0 aromatic heterocycles. The Morgan fingerprint density at radius 1 is 0.909 bits per heavy atom. The van der Waals surface area contributed by atoms with Gasteiger partial charge in [0, 0.05) is 5.39 Å². The first kappa shape index (κ1) is 14.9. The van der Waals surface area contributed by atoms with Crippen LogP contribution in [0.4, 0.5) is 0 Å². The summed E-state index contributed by atoms with van der Waals surface area (Å²) in [5.74, 6) is 0.126. The molecule has 0 aliphatic rings. The molecule has 0 spiro atoms. The van der Waals surface area contributed by atoms with Crippen LogP contribution >= 0.6 is 11.6 Å². The number of rotatable bonds is 3. The Labute approximate surface area is 134 Å². The van der Waals surface area contributed by atoms with Gasteiger partial charge < -0.3 is 4.18 Å². The van der Waals surface area contributed by atoms with Crippen LogP contribution in [-0.4, -0.2) is 8.42 Å². The first-order valence-electron chi connectivity index (χ1n) is 6.66. The van der Waals surface area contributed by atoms with Crippen molar-refractivity contribution in [3.8, 4) is 5.75 Å². The third-order valence-corrected chi connectivity index (χ3v) is 4.98. The van der Waals surface area contributed by atoms with Crippen LogP contribution in [0.2, 0.25) is 5.02 Å². The van der Waals surface area contributed by atoms with Gasteiger partial charge in [0.15, 0.2) is 5.75 Å². The molecule has 0 amide bonds. The number of halogens is 1. The highest BCUT2D eigenvalue weighted by atomic mass is 35.5. The van der Waals surface area contributed by atoms with E-state index in [4.69, 9.17) is 15.8 Å². The fraction of sp³-hybridized carbons (Fsp3) is 0.0588. The molecule has 0 saturated heterocycles. The van der Waals surface area contributed by atoms with Crippen LogP contribution in [-0.2, 0) is 10.1 Å². The first-order chi connectivity index (χ1) is 10.5. The summed E-state index contributed by atoms with van der Waals surface area (Å²) in [5.41, 5.74) is 0.975. The summed E-state index contributed by atoms with van der Waals surface area (Å²) in [6, 6.07) is 17.3. The molecule has 0 aliphatic carbocycles. The van der Waals surface area contributed by atoms with Crippen molar-refractivity contribution < 1.29 is 12.6 Å². The lowest BCUT2D eigenvalue weighted by Gasteiger charge is -2.10. The minimum atomic E-state index is -3.91. The van der Waals surface area contributed by atoms with Gasteiger partial charge in [0.25, 0.3) is 0 Å². The van der Waals surface area contributed by atoms with E-state index in [2.05, 4.69) is 0 Å². The summed E-state index contributed by atoms with van der Waals surface area (Å²) in [6.45, 7) is 1.89. The van der Waals surface area contributed by atoms with Crippen molar-refractivity contribution >= 4 is 32.5 Å². The van der Waals surface area contributed by atoms with Crippen molar-refractivity contribution in [2.45, 2.75) is 11.8 Å². The van der Waals surface area contributed by atoms with Crippen LogP contribution < -0.4 is 4.18 Å². The second-order valence-corrected chi connectivity index (χ2v) is 6.87. The van der Waals surface area contributed by atoms with Gasteiger partial charge in [-0.1, -0.05) is 59.6 Å². The molecule has 0 fully saturated rings. The number of hydrogen-bond acceptors (Lipinski definition) is 3. The summed E-state index contributed by atoms with van der Waals surface area (Å²) >= 11 is 6.27. The predicted molar refractivity (Wildman–Crippen MR) is 88.0 cm³/mol. The van der Waals surface area contributed by atoms with Gasteiger partial charge in [-0.15, -0.1) is 0 Å². The highest BCUT2D eigenvalue weighted by Crippen LogP contribution is 2.34. The Kier molecular flexibility index (Phi) is 3.81. The van der Waals surface area contributed by atoms with Crippen molar-refractivity contribution in [2.75, 3.05) is 0 Å². The number of hydrogen-bond donors (Lipinski definition) is 0. The van der Waals surface area contributed by atoms with Gasteiger partial charge in [0.05, 0.1) is 5.02 Å². The Bertz CT molecular complexity index is 932. The molecule has 112 valence electrons. The van der Waals surface area contributed by atoms with Crippen LogP contribution in [0.25, 0.3) is 10.8 Å². The van der Waals surface area contributed by atoms with Gasteiger partial charge in [0.2, 0.25) is 0 Å². The Morgan fingerprint density at radius 2 is 1.59 bits per heavy atom. The molecule has 0 N–H and O–H groups in total. The zero-order valence-electron chi connectivity index (χ0n) is 11.8. The molecule has 0 atom stereocenters. The summed E-state index contributed by atoms with van der Waals surface area (Å²) in [5, 5.41) is 1.96. The molecule has 0 heterocycles. The van der Waals surface area contributed by atoms with Crippen molar-refractivity contribution in [1.29, 1.82) is 0 Å². The summed E-state index contributed by atoms with van der Waals surface area (Å²) in [4.78, 5) is 0.0994. The zero-order valence-corrected chi connectivity index (χ0v) is 13.4. The van der Waals surface area contributed by atoms with E-state index >= 15 is 0 Å². The van der Waals surface area contributed by atoms with Gasteiger partial charge in [-0.05, 0) is 30.5 Å². The minimum absolute atomic E-state index is 0.0994. The molecule has 0 radical (unpaired) electrons. The number of fused-ring (bicyclic) bond motifs is 1. The summed E-state index contributed by atoms with van der Waals surface area (Å²) in [7, 11) is -3.91. The van der Waals surface area contributed by atoms with E-state index in [1.165, 1.54) is 12.1 Å². The quantitative estimate of drug-likeness (QED) is 0.660. The summed E-state index contributed by atoms with van der Waals surface area (Å²) < 4.78 is 29.8. The molecular formula is C17H13ClO3S. The third kappa shape index (κ3) is 2.80. The lowest BCUT2D eigenvalue weighted by molar-refractivity contribution is 0.486. The molecule has 3 rings (SSSR count). The zero-order chi connectivity index (χ0) is 15.7. The first-order valence-corrected chi connectivity index (χ1v) is 8.44. The molecule has 0 saturated carbocycles. The van der Waals surface area contributed by atoms with Gasteiger partial charge in [-0.2, -0.15) is 8.42 Å². The van der Waals surface area contributed by atoms with Crippen LogP contribution in [0.3, 0.4) is 0 Å². The van der Waals surface area contributed by atoms with E-state index in [9.17, 15) is 8.42 Å². The Hall–Kier alpha value is -2.04. The maximum absolute atomic E-state index is 12.3. The van der Waals surface area contributed by atoms with E-state index in [-0.39, 0.29) is 15.7 Å². The monoisotopic (exact) mass is 332 g/mol. The maximum atomic E-state index is 12.3. The molecule has 3 nitrogen and oxygen atoms in total. The van der Waals surface area contributed by atoms with Gasteiger partial charge in [0.1, 0.15) is 4.90 Å². The SMILES string of the molecule is Cc1ccc(S(=O)(=O)Oc2ccc3ccccc3c2Cl)cc1. The smallest absolute Gasteiger partial charge is 0.339 e. The van der Waals surface area contributed by atoms with Crippen LogP contribution in [0, 0.1) is 6.92 Å². The standard InChI is InChI=1S/C17H13ClO3S/c1-12-6-9-14(10-7-12)22(19,20)21-16-11-8-13-4-2-3-5-15(13)17(16)18/h2-11H,1H3. The fourth-order valence-electron chi connectivity index (χ4n) is 2.15. The predicted octanol–water partition coefficient (Wildman–Crippen LogP) is 4.57. The van der Waals surface area contributed by atoms with E-state index in [0.717, 1.165) is 16.3 Å². The largest absolute Gasteiger partial charge is 0.377 e. The average molecular weight is 333 g/mol. The third-order valence-electron chi connectivity index (χ3n) is 3.34. The van der Waals surface area contributed by atoms with Gasteiger partial charge in [-0.3, -0.25) is 0 Å². The lowest BCUT2D eigenvalue weighted by atomic mass is 10.1. The van der Waals surface area contributed by atoms with Crippen LogP contribution in [0.5, 0.6) is 5.75 Å². The maximum Gasteiger partial charge on any atom is 0.339 e. The van der Waals surface area contributed by atoms with E-state index in [0.29, 0.717) is 0 Å². The molecule has 5 heteroatoms. The highest BCUT2D eigenvalue weighted by Gasteiger charge is 2.18. The normalized spacial score (nSPS) is 11.5. The molecule has 22 heavy (non-hydrogen) atoms. The topological polar surface area (TPSA) is 43.4 Å². The Morgan fingerprint density at radius 3 is 2.32 bits per heavy atom. The molecule has 0 bridgehead atoms. The van der Waals surface area contributed by atoms with E-state index < -0.39 is 10.1 Å². The lowest BCUT2D eigenvalue weighted by Crippen LogP contribution is -2.10. The minimum Gasteiger partial charge on any atom is -0.377 e. The molecule has 3 aromatic rings. The average Bonchev–Trinajstić information content (AvgIpc) is 2.51. The van der Waals surface area contributed by atoms with Crippen molar-refractivity contribution in [2.24, 2.45) is 0 Å². The van der Waals surface area contributed by atoms with Gasteiger partial charge >= 0.3 is 10.1 Å². The second kappa shape index (κ2) is 5.63. The second-order valence-electron chi connectivity index (χ2n) is 4.95. The molecule has 0 unspecified atom stereocenters. The molecule has 0 aliphatic heterocycles. The van der Waals surface area contributed by atoms with Crippen molar-refractivity contribution in [3.63, 3.8) is 0 Å². The fourth-order valence-corrected chi connectivity index (χ4v) is 3.41. The van der Waals surface area contributed by atoms with Crippen LogP contribution in [0.15, 0.2) is 65.6 Å². The van der Waals surface area contributed by atoms with E-state index in [1.807, 2.05) is 31.2 Å². The number of benzene rings is 3. The highest BCUT2D eigenvalue weighted by molar-refractivity contribution is 7.87. The van der Waals surface area contributed by atoms with E-state index in [1.54, 1.807) is 24.3 Å². The summed E-state index contributed by atoms with van der Waals surface area (Å²) in [6.07, 6.45) is 0. The number of aryl methyl sites for hydroxylation is 1. The molecule has 3 aromatic carbocycles. The van der Waals surface area contributed by atoms with Crippen molar-refractivity contribution in [1.82, 2.24) is 0 Å². The van der Waals surface area contributed by atoms with Gasteiger partial charge in [-0.25, -0.2) is 0 Å². The van der Waals surface area contributed by atoms with Crippen molar-refractivity contribution in [3.05, 3.63) is 71.2 Å². The molecular weight excluding hydrogens is 320 g/mol. The Balaban J connectivity index is 2.02. The van der Waals surface area contributed by atoms with Crippen LogP contribution in [0.1, 0.15) is 5.56 Å².